The molecule has 40 heavy (non-hydrogen) atoms. The van der Waals surface area contributed by atoms with Crippen LogP contribution < -0.4 is 9.62 Å². The van der Waals surface area contributed by atoms with Gasteiger partial charge in [-0.2, -0.15) is 0 Å². The monoisotopic (exact) mass is 603 g/mol. The van der Waals surface area contributed by atoms with E-state index < -0.39 is 28.5 Å². The Bertz CT molecular complexity index is 1460. The number of nitrogens with one attached hydrogen (secondary N) is 1. The molecule has 0 radical (unpaired) electrons. The summed E-state index contributed by atoms with van der Waals surface area (Å²) in [6, 6.07) is 17.4. The summed E-state index contributed by atoms with van der Waals surface area (Å²) < 4.78 is 29.0. The third-order valence-corrected chi connectivity index (χ3v) is 8.84. The molecule has 0 saturated heterocycles. The number of halogens is 2. The number of anilines is 1. The summed E-state index contributed by atoms with van der Waals surface area (Å²) in [4.78, 5) is 28.5. The number of hydrogen-bond acceptors (Lipinski definition) is 4. The van der Waals surface area contributed by atoms with Crippen LogP contribution in [0.5, 0.6) is 0 Å². The second-order valence-corrected chi connectivity index (χ2v) is 12.9. The number of rotatable bonds is 11. The zero-order valence-electron chi connectivity index (χ0n) is 23.3. The first-order valence-electron chi connectivity index (χ1n) is 13.0. The highest BCUT2D eigenvalue weighted by atomic mass is 35.5. The molecule has 3 aromatic carbocycles. The zero-order valence-corrected chi connectivity index (χ0v) is 25.6. The molecule has 0 aromatic heterocycles. The number of hydrogen-bond donors (Lipinski definition) is 1. The fourth-order valence-electron chi connectivity index (χ4n) is 4.09. The minimum atomic E-state index is -4.17. The Hall–Kier alpha value is -3.07. The van der Waals surface area contributed by atoms with Crippen molar-refractivity contribution in [1.82, 2.24) is 10.2 Å². The summed E-state index contributed by atoms with van der Waals surface area (Å²) >= 11 is 12.6. The van der Waals surface area contributed by atoms with E-state index in [1.165, 1.54) is 17.0 Å². The van der Waals surface area contributed by atoms with Gasteiger partial charge >= 0.3 is 0 Å². The Morgan fingerprint density at radius 2 is 1.57 bits per heavy atom. The minimum absolute atomic E-state index is 0.0206. The van der Waals surface area contributed by atoms with E-state index in [0.717, 1.165) is 9.87 Å². The molecule has 0 unspecified atom stereocenters. The first-order valence-corrected chi connectivity index (χ1v) is 15.2. The van der Waals surface area contributed by atoms with Gasteiger partial charge in [0.25, 0.3) is 10.0 Å². The SMILES string of the molecule is Cc1ccc(S(=O)(=O)N(CC(=O)N(Cc2ccccc2Cl)[C@H](C)C(=O)NCC(C)C)c2ccc(Cl)cc2C)cc1. The number of aryl methyl sites for hydroxylation is 2. The van der Waals surface area contributed by atoms with Gasteiger partial charge in [-0.05, 0) is 74.2 Å². The maximum absolute atomic E-state index is 14.0. The molecule has 0 aliphatic rings. The Balaban J connectivity index is 2.06. The second kappa shape index (κ2) is 13.5. The molecule has 1 N–H and O–H groups in total. The van der Waals surface area contributed by atoms with Crippen LogP contribution in [0, 0.1) is 19.8 Å². The van der Waals surface area contributed by atoms with Crippen molar-refractivity contribution in [3.05, 3.63) is 93.5 Å². The predicted octanol–water partition coefficient (Wildman–Crippen LogP) is 6.00. The lowest BCUT2D eigenvalue weighted by molar-refractivity contribution is -0.139. The molecule has 0 heterocycles. The van der Waals surface area contributed by atoms with Gasteiger partial charge in [-0.15, -0.1) is 0 Å². The zero-order chi connectivity index (χ0) is 29.6. The Morgan fingerprint density at radius 3 is 2.17 bits per heavy atom. The average Bonchev–Trinajstić information content (AvgIpc) is 2.90. The van der Waals surface area contributed by atoms with Crippen molar-refractivity contribution in [3.63, 3.8) is 0 Å². The summed E-state index contributed by atoms with van der Waals surface area (Å²) in [6.45, 7) is 9.08. The summed E-state index contributed by atoms with van der Waals surface area (Å²) in [5.41, 5.74) is 2.43. The molecule has 0 aliphatic carbocycles. The van der Waals surface area contributed by atoms with Crippen LogP contribution in [0.4, 0.5) is 5.69 Å². The summed E-state index contributed by atoms with van der Waals surface area (Å²) in [5.74, 6) is -0.686. The molecule has 214 valence electrons. The molecule has 3 aromatic rings. The van der Waals surface area contributed by atoms with E-state index in [2.05, 4.69) is 5.32 Å². The summed E-state index contributed by atoms with van der Waals surface area (Å²) in [7, 11) is -4.17. The molecule has 0 fully saturated rings. The van der Waals surface area contributed by atoms with Crippen molar-refractivity contribution in [2.45, 2.75) is 52.1 Å². The Labute approximate surface area is 247 Å². The van der Waals surface area contributed by atoms with E-state index in [9.17, 15) is 18.0 Å². The van der Waals surface area contributed by atoms with Gasteiger partial charge in [0.1, 0.15) is 12.6 Å². The molecule has 2 amide bonds. The molecular weight excluding hydrogens is 569 g/mol. The highest BCUT2D eigenvalue weighted by molar-refractivity contribution is 7.92. The number of carbonyl (C=O) groups excluding carboxylic acids is 2. The number of amides is 2. The van der Waals surface area contributed by atoms with Gasteiger partial charge in [0, 0.05) is 23.1 Å². The lowest BCUT2D eigenvalue weighted by Crippen LogP contribution is -2.51. The van der Waals surface area contributed by atoms with Crippen LogP contribution in [-0.2, 0) is 26.2 Å². The topological polar surface area (TPSA) is 86.8 Å². The summed E-state index contributed by atoms with van der Waals surface area (Å²) in [6.07, 6.45) is 0. The Morgan fingerprint density at radius 1 is 0.925 bits per heavy atom. The normalized spacial score (nSPS) is 12.2. The van der Waals surface area contributed by atoms with Crippen molar-refractivity contribution in [2.75, 3.05) is 17.4 Å². The van der Waals surface area contributed by atoms with Crippen molar-refractivity contribution in [1.29, 1.82) is 0 Å². The van der Waals surface area contributed by atoms with Gasteiger partial charge in [-0.3, -0.25) is 13.9 Å². The van der Waals surface area contributed by atoms with Crippen LogP contribution in [-0.4, -0.2) is 44.3 Å². The van der Waals surface area contributed by atoms with Crippen LogP contribution in [0.25, 0.3) is 0 Å². The van der Waals surface area contributed by atoms with Gasteiger partial charge in [-0.1, -0.05) is 72.9 Å². The fourth-order valence-corrected chi connectivity index (χ4v) is 6.00. The van der Waals surface area contributed by atoms with Gasteiger partial charge in [0.2, 0.25) is 11.8 Å². The standard InChI is InChI=1S/C30H35Cl2N3O4S/c1-20(2)17-33-30(37)23(5)34(18-24-8-6-7-9-27(24)32)29(36)19-35(28-15-12-25(31)16-22(28)4)40(38,39)26-13-10-21(3)11-14-26/h6-16,20,23H,17-19H2,1-5H3,(H,33,37)/t23-/m1/s1. The van der Waals surface area contributed by atoms with Crippen molar-refractivity contribution in [3.8, 4) is 0 Å². The fraction of sp³-hybridized carbons (Fsp3) is 0.333. The van der Waals surface area contributed by atoms with E-state index in [1.54, 1.807) is 68.4 Å². The smallest absolute Gasteiger partial charge is 0.264 e. The number of carbonyl (C=O) groups is 2. The van der Waals surface area contributed by atoms with Crippen molar-refractivity contribution < 1.29 is 18.0 Å². The molecule has 0 saturated carbocycles. The number of nitrogens with zero attached hydrogens (tertiary/aromatic N) is 2. The first-order chi connectivity index (χ1) is 18.8. The van der Waals surface area contributed by atoms with E-state index in [4.69, 9.17) is 23.2 Å². The molecular formula is C30H35Cl2N3O4S. The number of sulfonamides is 1. The van der Waals surface area contributed by atoms with Crippen LogP contribution >= 0.6 is 23.2 Å². The average molecular weight is 605 g/mol. The molecule has 10 heteroatoms. The summed E-state index contributed by atoms with van der Waals surface area (Å²) in [5, 5.41) is 3.75. The second-order valence-electron chi connectivity index (χ2n) is 10.2. The van der Waals surface area contributed by atoms with Gasteiger partial charge in [0.15, 0.2) is 0 Å². The maximum Gasteiger partial charge on any atom is 0.264 e. The third-order valence-electron chi connectivity index (χ3n) is 6.47. The van der Waals surface area contributed by atoms with Crippen LogP contribution in [0.3, 0.4) is 0 Å². The highest BCUT2D eigenvalue weighted by Crippen LogP contribution is 2.30. The minimum Gasteiger partial charge on any atom is -0.354 e. The number of benzene rings is 3. The van der Waals surface area contributed by atoms with Crippen molar-refractivity contribution >= 4 is 50.7 Å². The molecule has 0 spiro atoms. The Kier molecular flexibility index (Phi) is 10.6. The van der Waals surface area contributed by atoms with Gasteiger partial charge in [-0.25, -0.2) is 8.42 Å². The molecule has 0 aliphatic heterocycles. The van der Waals surface area contributed by atoms with Crippen LogP contribution in [0.2, 0.25) is 10.0 Å². The van der Waals surface area contributed by atoms with E-state index in [0.29, 0.717) is 33.4 Å². The van der Waals surface area contributed by atoms with Gasteiger partial charge < -0.3 is 10.2 Å². The maximum atomic E-state index is 14.0. The molecule has 3 rings (SSSR count). The van der Waals surface area contributed by atoms with Gasteiger partial charge in [0.05, 0.1) is 10.6 Å². The quantitative estimate of drug-likeness (QED) is 0.291. The van der Waals surface area contributed by atoms with E-state index in [-0.39, 0.29) is 23.3 Å². The molecule has 0 bridgehead atoms. The lowest BCUT2D eigenvalue weighted by Gasteiger charge is -2.32. The first kappa shape index (κ1) is 31.5. The lowest BCUT2D eigenvalue weighted by atomic mass is 10.1. The van der Waals surface area contributed by atoms with Crippen LogP contribution in [0.1, 0.15) is 37.5 Å². The van der Waals surface area contributed by atoms with Crippen LogP contribution in [0.15, 0.2) is 71.6 Å². The van der Waals surface area contributed by atoms with E-state index >= 15 is 0 Å². The highest BCUT2D eigenvalue weighted by Gasteiger charge is 2.33. The largest absolute Gasteiger partial charge is 0.354 e. The van der Waals surface area contributed by atoms with E-state index in [1.807, 2.05) is 20.8 Å². The predicted molar refractivity (Wildman–Crippen MR) is 161 cm³/mol. The van der Waals surface area contributed by atoms with Crippen molar-refractivity contribution in [2.24, 2.45) is 5.92 Å². The molecule has 7 nitrogen and oxygen atoms in total. The molecule has 1 atom stereocenters. The third kappa shape index (κ3) is 7.77.